The molecule has 1 aliphatic carbocycles. The summed E-state index contributed by atoms with van der Waals surface area (Å²) in [6.45, 7) is 2.09. The lowest BCUT2D eigenvalue weighted by Crippen LogP contribution is -2.28. The fourth-order valence-electron chi connectivity index (χ4n) is 2.19. The lowest BCUT2D eigenvalue weighted by atomic mass is 10.0. The van der Waals surface area contributed by atoms with E-state index in [-0.39, 0.29) is 0 Å². The minimum absolute atomic E-state index is 0.362. The third-order valence-electron chi connectivity index (χ3n) is 3.04. The summed E-state index contributed by atoms with van der Waals surface area (Å²) in [7, 11) is 0.362. The molecule has 0 aromatic rings. The Hall–Kier alpha value is 0.0200. The second-order valence-electron chi connectivity index (χ2n) is 4.38. The zero-order valence-electron chi connectivity index (χ0n) is 9.55. The van der Waals surface area contributed by atoms with Gasteiger partial charge in [-0.15, -0.1) is 0 Å². The van der Waals surface area contributed by atoms with E-state index < -0.39 is 0 Å². The maximum Gasteiger partial charge on any atom is 0.181 e. The van der Waals surface area contributed by atoms with E-state index in [0.29, 0.717) is 16.7 Å². The Morgan fingerprint density at radius 1 is 1.29 bits per heavy atom. The highest BCUT2D eigenvalue weighted by Gasteiger charge is 2.29. The van der Waals surface area contributed by atoms with Gasteiger partial charge in [0.15, 0.2) is 11.5 Å². The smallest absolute Gasteiger partial charge is 0.181 e. The molecule has 2 heteroatoms. The average molecular weight is 215 g/mol. The third kappa shape index (κ3) is 4.04. The van der Waals surface area contributed by atoms with Crippen LogP contribution in [-0.2, 0) is 15.7 Å². The SMILES string of the molecule is CCCC(=O)C[S+](C)C1CCCCC1. The molecule has 0 aliphatic heterocycles. The molecule has 0 aromatic carbocycles. The van der Waals surface area contributed by atoms with Crippen LogP contribution in [0.2, 0.25) is 0 Å². The van der Waals surface area contributed by atoms with Crippen LogP contribution in [0, 0.1) is 0 Å². The van der Waals surface area contributed by atoms with Crippen LogP contribution in [0.15, 0.2) is 0 Å². The van der Waals surface area contributed by atoms with Crippen molar-refractivity contribution in [2.24, 2.45) is 0 Å². The van der Waals surface area contributed by atoms with Gasteiger partial charge in [0.1, 0.15) is 5.25 Å². The number of Topliss-reactive ketones (excluding diaryl/α,β-unsaturated/α-hetero) is 1. The Morgan fingerprint density at radius 3 is 2.50 bits per heavy atom. The normalized spacial score (nSPS) is 20.7. The number of ketones is 1. The van der Waals surface area contributed by atoms with E-state index in [4.69, 9.17) is 0 Å². The van der Waals surface area contributed by atoms with Crippen LogP contribution in [0.4, 0.5) is 0 Å². The Morgan fingerprint density at radius 2 is 1.93 bits per heavy atom. The van der Waals surface area contributed by atoms with Gasteiger partial charge >= 0.3 is 0 Å². The molecule has 0 spiro atoms. The molecule has 0 aromatic heterocycles. The zero-order chi connectivity index (χ0) is 10.4. The molecule has 0 bridgehead atoms. The molecule has 0 heterocycles. The molecule has 0 radical (unpaired) electrons. The summed E-state index contributed by atoms with van der Waals surface area (Å²) >= 11 is 0. The van der Waals surface area contributed by atoms with Crippen LogP contribution in [0.1, 0.15) is 51.9 Å². The summed E-state index contributed by atoms with van der Waals surface area (Å²) in [5, 5.41) is 0.865. The third-order valence-corrected chi connectivity index (χ3v) is 5.43. The maximum absolute atomic E-state index is 11.5. The molecule has 1 saturated carbocycles. The fraction of sp³-hybridized carbons (Fsp3) is 0.917. The second-order valence-corrected chi connectivity index (χ2v) is 6.72. The molecule has 14 heavy (non-hydrogen) atoms. The first-order valence-electron chi connectivity index (χ1n) is 5.87. The zero-order valence-corrected chi connectivity index (χ0v) is 10.4. The molecule has 0 amide bonds. The first-order chi connectivity index (χ1) is 6.74. The molecule has 0 N–H and O–H groups in total. The van der Waals surface area contributed by atoms with E-state index in [1.807, 2.05) is 0 Å². The van der Waals surface area contributed by atoms with E-state index in [9.17, 15) is 4.79 Å². The number of hydrogen-bond acceptors (Lipinski definition) is 1. The Bertz CT molecular complexity index is 173. The highest BCUT2D eigenvalue weighted by molar-refractivity contribution is 7.97. The molecule has 1 nitrogen and oxygen atoms in total. The van der Waals surface area contributed by atoms with Gasteiger partial charge in [-0.3, -0.25) is 4.79 Å². The van der Waals surface area contributed by atoms with Gasteiger partial charge in [0.05, 0.1) is 6.26 Å². The Labute approximate surface area is 91.0 Å². The number of rotatable bonds is 5. The molecule has 0 saturated heterocycles. The standard InChI is InChI=1S/C12H23OS/c1-3-7-11(13)10-14(2)12-8-5-4-6-9-12/h12H,3-10H2,1-2H3/q+1. The van der Waals surface area contributed by atoms with Crippen molar-refractivity contribution in [2.45, 2.75) is 57.1 Å². The van der Waals surface area contributed by atoms with Crippen LogP contribution in [-0.4, -0.2) is 23.0 Å². The van der Waals surface area contributed by atoms with E-state index in [2.05, 4.69) is 13.2 Å². The van der Waals surface area contributed by atoms with Crippen molar-refractivity contribution >= 4 is 16.7 Å². The first kappa shape index (κ1) is 12.1. The highest BCUT2D eigenvalue weighted by atomic mass is 32.2. The number of hydrogen-bond donors (Lipinski definition) is 0. The molecular weight excluding hydrogens is 192 g/mol. The summed E-state index contributed by atoms with van der Waals surface area (Å²) < 4.78 is 0. The summed E-state index contributed by atoms with van der Waals surface area (Å²) in [4.78, 5) is 11.5. The van der Waals surface area contributed by atoms with Gasteiger partial charge < -0.3 is 0 Å². The van der Waals surface area contributed by atoms with Crippen molar-refractivity contribution in [1.29, 1.82) is 0 Å². The molecule has 1 aliphatic rings. The van der Waals surface area contributed by atoms with Gasteiger partial charge in [-0.25, -0.2) is 0 Å². The summed E-state index contributed by atoms with van der Waals surface area (Å²) in [5.41, 5.74) is 0. The van der Waals surface area contributed by atoms with E-state index in [1.54, 1.807) is 0 Å². The van der Waals surface area contributed by atoms with Crippen LogP contribution in [0.5, 0.6) is 0 Å². The predicted molar refractivity (Wildman–Crippen MR) is 64.9 cm³/mol. The van der Waals surface area contributed by atoms with Crippen LogP contribution in [0.25, 0.3) is 0 Å². The minimum Gasteiger partial charge on any atom is -0.294 e. The largest absolute Gasteiger partial charge is 0.294 e. The van der Waals surface area contributed by atoms with Crippen LogP contribution in [0.3, 0.4) is 0 Å². The van der Waals surface area contributed by atoms with Gasteiger partial charge in [0.25, 0.3) is 0 Å². The average Bonchev–Trinajstić information content (AvgIpc) is 2.19. The molecular formula is C12H23OS+. The van der Waals surface area contributed by atoms with Crippen LogP contribution >= 0.6 is 0 Å². The summed E-state index contributed by atoms with van der Waals surface area (Å²) in [6.07, 6.45) is 11.1. The highest BCUT2D eigenvalue weighted by Crippen LogP contribution is 2.24. The number of carbonyl (C=O) groups excluding carboxylic acids is 1. The number of carbonyl (C=O) groups is 1. The van der Waals surface area contributed by atoms with Gasteiger partial charge in [-0.1, -0.05) is 13.3 Å². The van der Waals surface area contributed by atoms with Crippen molar-refractivity contribution < 1.29 is 4.79 Å². The Balaban J connectivity index is 2.25. The molecule has 82 valence electrons. The van der Waals surface area contributed by atoms with Crippen molar-refractivity contribution in [3.63, 3.8) is 0 Å². The van der Waals surface area contributed by atoms with Gasteiger partial charge in [0, 0.05) is 6.42 Å². The first-order valence-corrected chi connectivity index (χ1v) is 7.73. The second kappa shape index (κ2) is 6.49. The van der Waals surface area contributed by atoms with Crippen molar-refractivity contribution in [2.75, 3.05) is 12.0 Å². The van der Waals surface area contributed by atoms with Crippen molar-refractivity contribution in [3.8, 4) is 0 Å². The van der Waals surface area contributed by atoms with Crippen molar-refractivity contribution in [1.82, 2.24) is 0 Å². The van der Waals surface area contributed by atoms with Crippen LogP contribution < -0.4 is 0 Å². The molecule has 1 rings (SSSR count). The van der Waals surface area contributed by atoms with Gasteiger partial charge in [0.2, 0.25) is 0 Å². The fourth-order valence-corrected chi connectivity index (χ4v) is 4.22. The van der Waals surface area contributed by atoms with Crippen molar-refractivity contribution in [3.05, 3.63) is 0 Å². The van der Waals surface area contributed by atoms with E-state index in [0.717, 1.165) is 23.8 Å². The topological polar surface area (TPSA) is 17.1 Å². The van der Waals surface area contributed by atoms with E-state index >= 15 is 0 Å². The predicted octanol–water partition coefficient (Wildman–Crippen LogP) is 2.94. The van der Waals surface area contributed by atoms with E-state index in [1.165, 1.54) is 32.1 Å². The molecule has 1 unspecified atom stereocenters. The quantitative estimate of drug-likeness (QED) is 0.644. The summed E-state index contributed by atoms with van der Waals surface area (Å²) in [6, 6.07) is 0. The molecule has 1 fully saturated rings. The molecule has 1 atom stereocenters. The Kier molecular flexibility index (Phi) is 5.61. The lowest BCUT2D eigenvalue weighted by molar-refractivity contribution is -0.116. The monoisotopic (exact) mass is 215 g/mol. The van der Waals surface area contributed by atoms with Gasteiger partial charge in [-0.2, -0.15) is 0 Å². The lowest BCUT2D eigenvalue weighted by Gasteiger charge is -2.20. The minimum atomic E-state index is 0.362. The summed E-state index contributed by atoms with van der Waals surface area (Å²) in [5.74, 6) is 1.35. The van der Waals surface area contributed by atoms with Gasteiger partial charge in [-0.05, 0) is 43.0 Å². The maximum atomic E-state index is 11.5.